The summed E-state index contributed by atoms with van der Waals surface area (Å²) in [5.74, 6) is 2.28. The fourth-order valence-corrected chi connectivity index (χ4v) is 3.90. The predicted octanol–water partition coefficient (Wildman–Crippen LogP) is 4.09. The summed E-state index contributed by atoms with van der Waals surface area (Å²) in [6, 6.07) is 13.7. The maximum atomic E-state index is 5.91. The number of nitrogens with one attached hydrogen (secondary N) is 1. The minimum atomic E-state index is 0.440. The second-order valence-electron chi connectivity index (χ2n) is 7.66. The molecule has 4 rings (SSSR count). The van der Waals surface area contributed by atoms with E-state index in [1.54, 1.807) is 0 Å². The number of nitrogens with zero attached hydrogens (tertiary/aromatic N) is 4. The second-order valence-corrected chi connectivity index (χ2v) is 8.10. The third-order valence-corrected chi connectivity index (χ3v) is 5.49. The largest absolute Gasteiger partial charge is 0.487 e. The quantitative estimate of drug-likeness (QED) is 0.634. The molecule has 0 amide bonds. The maximum Gasteiger partial charge on any atom is 0.132 e. The Labute approximate surface area is 176 Å². The number of hydrogen-bond acceptors (Lipinski definition) is 5. The van der Waals surface area contributed by atoms with Gasteiger partial charge < -0.3 is 9.64 Å². The molecule has 1 N–H and O–H groups in total. The van der Waals surface area contributed by atoms with Crippen molar-refractivity contribution in [2.75, 3.05) is 32.1 Å². The molecular formula is C22H26ClN5O. The summed E-state index contributed by atoms with van der Waals surface area (Å²) >= 11 is 5.91. The molecule has 6 nitrogen and oxygen atoms in total. The normalized spacial score (nSPS) is 16.9. The van der Waals surface area contributed by atoms with E-state index in [1.165, 1.54) is 5.56 Å². The van der Waals surface area contributed by atoms with Gasteiger partial charge in [-0.1, -0.05) is 17.7 Å². The van der Waals surface area contributed by atoms with Crippen molar-refractivity contribution in [3.63, 3.8) is 0 Å². The lowest BCUT2D eigenvalue weighted by molar-refractivity contribution is 0.301. The van der Waals surface area contributed by atoms with Gasteiger partial charge in [0.05, 0.1) is 11.4 Å². The van der Waals surface area contributed by atoms with Crippen LogP contribution in [0.3, 0.4) is 0 Å². The van der Waals surface area contributed by atoms with E-state index >= 15 is 0 Å². The van der Waals surface area contributed by atoms with Crippen molar-refractivity contribution in [2.45, 2.75) is 25.5 Å². The summed E-state index contributed by atoms with van der Waals surface area (Å²) in [7, 11) is 4.08. The van der Waals surface area contributed by atoms with E-state index in [4.69, 9.17) is 16.3 Å². The highest BCUT2D eigenvalue weighted by Gasteiger charge is 2.26. The second kappa shape index (κ2) is 8.84. The van der Waals surface area contributed by atoms with Crippen LogP contribution in [0.4, 0.5) is 5.82 Å². The zero-order valence-corrected chi connectivity index (χ0v) is 17.6. The average Bonchev–Trinajstić information content (AvgIpc) is 3.37. The van der Waals surface area contributed by atoms with Crippen LogP contribution in [0.25, 0.3) is 0 Å². The number of pyridine rings is 1. The molecule has 1 fully saturated rings. The summed E-state index contributed by atoms with van der Waals surface area (Å²) in [4.78, 5) is 9.06. The molecule has 1 aromatic carbocycles. The van der Waals surface area contributed by atoms with Crippen LogP contribution < -0.4 is 9.64 Å². The van der Waals surface area contributed by atoms with Crippen LogP contribution in [0.2, 0.25) is 5.02 Å². The van der Waals surface area contributed by atoms with Gasteiger partial charge in [-0.3, -0.25) is 10.00 Å². The molecule has 1 atom stereocenters. The SMILES string of the molecule is CN(C)c1ncccc1CN1CC[C@@H](c2cc(COc3ccc(Cl)cc3)[nH]n2)C1. The van der Waals surface area contributed by atoms with Crippen LogP contribution in [0.5, 0.6) is 5.75 Å². The Morgan fingerprint density at radius 1 is 1.24 bits per heavy atom. The monoisotopic (exact) mass is 411 g/mol. The van der Waals surface area contributed by atoms with Crippen molar-refractivity contribution in [3.8, 4) is 5.75 Å². The van der Waals surface area contributed by atoms with E-state index in [0.29, 0.717) is 17.5 Å². The van der Waals surface area contributed by atoms with E-state index < -0.39 is 0 Å². The van der Waals surface area contributed by atoms with Crippen molar-refractivity contribution >= 4 is 17.4 Å². The van der Waals surface area contributed by atoms with Crippen molar-refractivity contribution < 1.29 is 4.74 Å². The highest BCUT2D eigenvalue weighted by molar-refractivity contribution is 6.30. The van der Waals surface area contributed by atoms with Gasteiger partial charge in [-0.05, 0) is 49.4 Å². The van der Waals surface area contributed by atoms with Gasteiger partial charge in [-0.25, -0.2) is 4.98 Å². The molecule has 1 aliphatic rings. The maximum absolute atomic E-state index is 5.91. The third-order valence-electron chi connectivity index (χ3n) is 5.23. The van der Waals surface area contributed by atoms with Crippen molar-refractivity contribution in [2.24, 2.45) is 0 Å². The Morgan fingerprint density at radius 2 is 2.07 bits per heavy atom. The predicted molar refractivity (Wildman–Crippen MR) is 116 cm³/mol. The summed E-state index contributed by atoms with van der Waals surface area (Å²) in [5, 5.41) is 8.36. The molecule has 0 bridgehead atoms. The molecule has 0 spiro atoms. The first kappa shape index (κ1) is 19.7. The number of benzene rings is 1. The number of aromatic nitrogens is 3. The summed E-state index contributed by atoms with van der Waals surface area (Å²) in [5.41, 5.74) is 3.36. The van der Waals surface area contributed by atoms with Crippen molar-refractivity contribution in [3.05, 3.63) is 70.6 Å². The molecule has 2 aromatic heterocycles. The molecular weight excluding hydrogens is 386 g/mol. The van der Waals surface area contributed by atoms with E-state index in [0.717, 1.165) is 49.0 Å². The fourth-order valence-electron chi connectivity index (χ4n) is 3.77. The van der Waals surface area contributed by atoms with E-state index in [9.17, 15) is 0 Å². The van der Waals surface area contributed by atoms with E-state index in [2.05, 4.69) is 37.1 Å². The molecule has 7 heteroatoms. The lowest BCUT2D eigenvalue weighted by Crippen LogP contribution is -2.22. The van der Waals surface area contributed by atoms with Gasteiger partial charge in [0.1, 0.15) is 18.2 Å². The Hall–Kier alpha value is -2.57. The Bertz CT molecular complexity index is 940. The van der Waals surface area contributed by atoms with Gasteiger partial charge >= 0.3 is 0 Å². The van der Waals surface area contributed by atoms with Crippen LogP contribution in [0.1, 0.15) is 29.3 Å². The summed E-state index contributed by atoms with van der Waals surface area (Å²) < 4.78 is 5.81. The molecule has 0 radical (unpaired) electrons. The molecule has 29 heavy (non-hydrogen) atoms. The highest BCUT2D eigenvalue weighted by atomic mass is 35.5. The van der Waals surface area contributed by atoms with Gasteiger partial charge in [0.25, 0.3) is 0 Å². The standard InChI is InChI=1S/C22H26ClN5O/c1-27(2)22-17(4-3-10-24-22)14-28-11-9-16(13-28)21-12-19(25-26-21)15-29-20-7-5-18(23)6-8-20/h3-8,10,12,16H,9,11,13-15H2,1-2H3,(H,25,26)/t16-/m1/s1. The van der Waals surface area contributed by atoms with Crippen LogP contribution in [0, 0.1) is 0 Å². The number of halogens is 1. The molecule has 0 unspecified atom stereocenters. The third kappa shape index (κ3) is 4.89. The number of aromatic amines is 1. The first-order valence-corrected chi connectivity index (χ1v) is 10.2. The van der Waals surface area contributed by atoms with Crippen molar-refractivity contribution in [1.29, 1.82) is 0 Å². The zero-order chi connectivity index (χ0) is 20.2. The van der Waals surface area contributed by atoms with E-state index in [-0.39, 0.29) is 0 Å². The number of ether oxygens (including phenoxy) is 1. The first-order valence-electron chi connectivity index (χ1n) is 9.84. The van der Waals surface area contributed by atoms with Crippen LogP contribution in [-0.4, -0.2) is 47.3 Å². The molecule has 1 saturated heterocycles. The summed E-state index contributed by atoms with van der Waals surface area (Å²) in [6.45, 7) is 3.45. The molecule has 1 aliphatic heterocycles. The van der Waals surface area contributed by atoms with Gasteiger partial charge in [0.2, 0.25) is 0 Å². The molecule has 0 aliphatic carbocycles. The highest BCUT2D eigenvalue weighted by Crippen LogP contribution is 2.29. The molecule has 3 aromatic rings. The lowest BCUT2D eigenvalue weighted by Gasteiger charge is -2.20. The minimum absolute atomic E-state index is 0.440. The zero-order valence-electron chi connectivity index (χ0n) is 16.8. The Kier molecular flexibility index (Phi) is 6.02. The van der Waals surface area contributed by atoms with Crippen LogP contribution in [-0.2, 0) is 13.2 Å². The topological polar surface area (TPSA) is 57.3 Å². The Morgan fingerprint density at radius 3 is 2.86 bits per heavy atom. The van der Waals surface area contributed by atoms with Gasteiger partial charge in [-0.2, -0.15) is 5.10 Å². The van der Waals surface area contributed by atoms with E-state index in [1.807, 2.05) is 50.6 Å². The van der Waals surface area contributed by atoms with Gasteiger partial charge in [-0.15, -0.1) is 0 Å². The van der Waals surface area contributed by atoms with Crippen LogP contribution >= 0.6 is 11.6 Å². The molecule has 0 saturated carbocycles. The summed E-state index contributed by atoms with van der Waals surface area (Å²) in [6.07, 6.45) is 2.96. The van der Waals surface area contributed by atoms with Crippen LogP contribution in [0.15, 0.2) is 48.7 Å². The number of rotatable bonds is 7. The van der Waals surface area contributed by atoms with Gasteiger partial charge in [0, 0.05) is 49.9 Å². The van der Waals surface area contributed by atoms with Crippen molar-refractivity contribution in [1.82, 2.24) is 20.1 Å². The smallest absolute Gasteiger partial charge is 0.132 e. The average molecular weight is 412 g/mol. The molecule has 152 valence electrons. The van der Waals surface area contributed by atoms with Gasteiger partial charge in [0.15, 0.2) is 0 Å². The fraction of sp³-hybridized carbons (Fsp3) is 0.364. The Balaban J connectivity index is 1.33. The lowest BCUT2D eigenvalue weighted by atomic mass is 10.1. The number of anilines is 1. The molecule has 3 heterocycles. The number of hydrogen-bond donors (Lipinski definition) is 1. The number of H-pyrrole nitrogens is 1. The number of likely N-dealkylation sites (tertiary alicyclic amines) is 1. The minimum Gasteiger partial charge on any atom is -0.487 e. The first-order chi connectivity index (χ1) is 14.1.